The van der Waals surface area contributed by atoms with Crippen LogP contribution < -0.4 is 10.2 Å². The van der Waals surface area contributed by atoms with Crippen LogP contribution in [0.1, 0.15) is 27.2 Å². The molecule has 6 nitrogen and oxygen atoms in total. The minimum absolute atomic E-state index is 0.682. The van der Waals surface area contributed by atoms with Crippen LogP contribution in [0.3, 0.4) is 0 Å². The average Bonchev–Trinajstić information content (AvgIpc) is 2.46. The quantitative estimate of drug-likeness (QED) is 0.665. The van der Waals surface area contributed by atoms with Crippen molar-refractivity contribution in [2.45, 2.75) is 32.3 Å². The van der Waals surface area contributed by atoms with Crippen LogP contribution in [0.4, 0.5) is 11.9 Å². The van der Waals surface area contributed by atoms with E-state index in [-0.39, 0.29) is 0 Å². The summed E-state index contributed by atoms with van der Waals surface area (Å²) in [5.74, 6) is 2.42. The molecule has 0 radical (unpaired) electrons. The Labute approximate surface area is 132 Å². The average molecular weight is 312 g/mol. The highest BCUT2D eigenvalue weighted by Gasteiger charge is 2.11. The lowest BCUT2D eigenvalue weighted by atomic mass is 10.5. The van der Waals surface area contributed by atoms with Crippen molar-refractivity contribution >= 4 is 23.7 Å². The molecule has 1 rings (SSSR count). The van der Waals surface area contributed by atoms with Crippen molar-refractivity contribution in [1.82, 2.24) is 19.9 Å². The highest BCUT2D eigenvalue weighted by Crippen LogP contribution is 2.18. The van der Waals surface area contributed by atoms with Gasteiger partial charge in [0.2, 0.25) is 11.9 Å². The summed E-state index contributed by atoms with van der Waals surface area (Å²) in [4.78, 5) is 17.9. The van der Waals surface area contributed by atoms with Crippen LogP contribution in [0.2, 0.25) is 0 Å². The molecule has 0 saturated heterocycles. The SMILES string of the molecule is CCCNc1nc(SCCN(C)C)nc(N(CC)CC)n1. The topological polar surface area (TPSA) is 57.2 Å². The van der Waals surface area contributed by atoms with E-state index in [9.17, 15) is 0 Å². The monoisotopic (exact) mass is 312 g/mol. The van der Waals surface area contributed by atoms with E-state index < -0.39 is 0 Å². The molecule has 0 unspecified atom stereocenters. The fourth-order valence-corrected chi connectivity index (χ4v) is 2.63. The molecule has 0 atom stereocenters. The Morgan fingerprint density at radius 2 is 1.76 bits per heavy atom. The number of hydrogen-bond donors (Lipinski definition) is 1. The van der Waals surface area contributed by atoms with E-state index in [0.29, 0.717) is 5.95 Å². The Kier molecular flexibility index (Phi) is 8.37. The minimum atomic E-state index is 0.682. The zero-order chi connectivity index (χ0) is 15.7. The van der Waals surface area contributed by atoms with Crippen LogP contribution >= 0.6 is 11.8 Å². The second-order valence-corrected chi connectivity index (χ2v) is 6.05. The molecule has 0 aliphatic rings. The van der Waals surface area contributed by atoms with Gasteiger partial charge in [0.05, 0.1) is 0 Å². The molecule has 0 amide bonds. The van der Waals surface area contributed by atoms with Gasteiger partial charge in [0, 0.05) is 31.9 Å². The van der Waals surface area contributed by atoms with Crippen molar-refractivity contribution in [3.05, 3.63) is 0 Å². The zero-order valence-corrected chi connectivity index (χ0v) is 14.7. The van der Waals surface area contributed by atoms with E-state index >= 15 is 0 Å². The molecule has 0 aliphatic heterocycles. The van der Waals surface area contributed by atoms with Crippen molar-refractivity contribution in [2.24, 2.45) is 0 Å². The van der Waals surface area contributed by atoms with E-state index in [4.69, 9.17) is 0 Å². The third-order valence-electron chi connectivity index (χ3n) is 2.95. The Morgan fingerprint density at radius 3 is 2.33 bits per heavy atom. The first-order valence-corrected chi connectivity index (χ1v) is 8.61. The summed E-state index contributed by atoms with van der Waals surface area (Å²) in [5.41, 5.74) is 0. The van der Waals surface area contributed by atoms with Gasteiger partial charge in [0.1, 0.15) is 0 Å². The molecular formula is C14H28N6S. The summed E-state index contributed by atoms with van der Waals surface area (Å²) in [6, 6.07) is 0. The van der Waals surface area contributed by atoms with Crippen LogP contribution in [0, 0.1) is 0 Å². The molecule has 0 spiro atoms. The first kappa shape index (κ1) is 18.0. The predicted molar refractivity (Wildman–Crippen MR) is 91.4 cm³/mol. The number of nitrogens with one attached hydrogen (secondary N) is 1. The Hall–Kier alpha value is -1.08. The molecule has 0 aliphatic carbocycles. The Balaban J connectivity index is 2.86. The van der Waals surface area contributed by atoms with Crippen molar-refractivity contribution < 1.29 is 0 Å². The third-order valence-corrected chi connectivity index (χ3v) is 3.78. The lowest BCUT2D eigenvalue weighted by Crippen LogP contribution is -2.25. The number of thioether (sulfide) groups is 1. The highest BCUT2D eigenvalue weighted by atomic mass is 32.2. The third kappa shape index (κ3) is 6.48. The molecule has 1 heterocycles. The number of rotatable bonds is 10. The van der Waals surface area contributed by atoms with Gasteiger partial charge in [-0.2, -0.15) is 15.0 Å². The maximum Gasteiger partial charge on any atom is 0.231 e. The molecular weight excluding hydrogens is 284 g/mol. The Morgan fingerprint density at radius 1 is 1.05 bits per heavy atom. The maximum absolute atomic E-state index is 4.59. The van der Waals surface area contributed by atoms with E-state index in [0.717, 1.165) is 49.5 Å². The van der Waals surface area contributed by atoms with Crippen LogP contribution in [0.5, 0.6) is 0 Å². The van der Waals surface area contributed by atoms with Gasteiger partial charge in [-0.3, -0.25) is 0 Å². The molecule has 1 N–H and O–H groups in total. The first-order valence-electron chi connectivity index (χ1n) is 7.63. The van der Waals surface area contributed by atoms with Gasteiger partial charge in [-0.15, -0.1) is 0 Å². The van der Waals surface area contributed by atoms with E-state index in [1.807, 2.05) is 0 Å². The van der Waals surface area contributed by atoms with Crippen molar-refractivity contribution in [3.63, 3.8) is 0 Å². The number of hydrogen-bond acceptors (Lipinski definition) is 7. The molecule has 0 fully saturated rings. The number of aromatic nitrogens is 3. The smallest absolute Gasteiger partial charge is 0.231 e. The molecule has 120 valence electrons. The molecule has 1 aromatic heterocycles. The summed E-state index contributed by atoms with van der Waals surface area (Å²) in [5, 5.41) is 4.06. The van der Waals surface area contributed by atoms with Crippen molar-refractivity contribution in [1.29, 1.82) is 0 Å². The fraction of sp³-hybridized carbons (Fsp3) is 0.786. The summed E-state index contributed by atoms with van der Waals surface area (Å²) in [6.07, 6.45) is 1.05. The summed E-state index contributed by atoms with van der Waals surface area (Å²) in [6.45, 7) is 10.0. The Bertz CT molecular complexity index is 408. The molecule has 7 heteroatoms. The summed E-state index contributed by atoms with van der Waals surface area (Å²) in [7, 11) is 4.15. The summed E-state index contributed by atoms with van der Waals surface area (Å²) < 4.78 is 0. The van der Waals surface area contributed by atoms with E-state index in [2.05, 4.69) is 64.9 Å². The molecule has 0 bridgehead atoms. The second-order valence-electron chi connectivity index (χ2n) is 4.99. The highest BCUT2D eigenvalue weighted by molar-refractivity contribution is 7.99. The summed E-state index contributed by atoms with van der Waals surface area (Å²) >= 11 is 1.68. The number of nitrogens with zero attached hydrogens (tertiary/aromatic N) is 5. The standard InChI is InChI=1S/C14H28N6S/c1-6-9-15-12-16-13(20(7-2)8-3)18-14(17-12)21-11-10-19(4)5/h6-11H2,1-5H3,(H,15,16,17,18). The van der Waals surface area contributed by atoms with E-state index in [1.165, 1.54) is 0 Å². The minimum Gasteiger partial charge on any atom is -0.354 e. The van der Waals surface area contributed by atoms with Gasteiger partial charge in [0.15, 0.2) is 5.16 Å². The van der Waals surface area contributed by atoms with Crippen LogP contribution in [-0.2, 0) is 0 Å². The van der Waals surface area contributed by atoms with E-state index in [1.54, 1.807) is 11.8 Å². The molecule has 0 saturated carbocycles. The van der Waals surface area contributed by atoms with Crippen LogP contribution in [-0.4, -0.2) is 65.9 Å². The van der Waals surface area contributed by atoms with Crippen molar-refractivity contribution in [3.8, 4) is 0 Å². The molecule has 21 heavy (non-hydrogen) atoms. The van der Waals surface area contributed by atoms with Crippen LogP contribution in [0.15, 0.2) is 5.16 Å². The lowest BCUT2D eigenvalue weighted by molar-refractivity contribution is 0.437. The zero-order valence-electron chi connectivity index (χ0n) is 13.9. The molecule has 0 aromatic carbocycles. The predicted octanol–water partition coefficient (Wildman–Crippen LogP) is 2.19. The van der Waals surface area contributed by atoms with Gasteiger partial charge in [0.25, 0.3) is 0 Å². The van der Waals surface area contributed by atoms with Crippen LogP contribution in [0.25, 0.3) is 0 Å². The van der Waals surface area contributed by atoms with Gasteiger partial charge < -0.3 is 15.1 Å². The largest absolute Gasteiger partial charge is 0.354 e. The fourth-order valence-electron chi connectivity index (χ4n) is 1.69. The maximum atomic E-state index is 4.59. The normalized spacial score (nSPS) is 11.0. The number of anilines is 2. The van der Waals surface area contributed by atoms with Crippen molar-refractivity contribution in [2.75, 3.05) is 56.2 Å². The van der Waals surface area contributed by atoms with Gasteiger partial charge in [-0.25, -0.2) is 0 Å². The van der Waals surface area contributed by atoms with Gasteiger partial charge >= 0.3 is 0 Å². The molecule has 1 aromatic rings. The second kappa shape index (κ2) is 9.78. The van der Waals surface area contributed by atoms with Gasteiger partial charge in [-0.05, 0) is 34.4 Å². The van der Waals surface area contributed by atoms with Gasteiger partial charge in [-0.1, -0.05) is 18.7 Å². The lowest BCUT2D eigenvalue weighted by Gasteiger charge is -2.19. The first-order chi connectivity index (χ1) is 10.1.